The molecule has 2 aromatic carbocycles. The van der Waals surface area contributed by atoms with Crippen LogP contribution in [0.5, 0.6) is 11.5 Å². The van der Waals surface area contributed by atoms with E-state index in [2.05, 4.69) is 12.2 Å². The highest BCUT2D eigenvalue weighted by Gasteiger charge is 2.05. The van der Waals surface area contributed by atoms with Crippen molar-refractivity contribution in [2.24, 2.45) is 0 Å². The molecular weight excluding hydrogens is 269 g/mol. The summed E-state index contributed by atoms with van der Waals surface area (Å²) in [5.74, 6) is 1.16. The fourth-order valence-electron chi connectivity index (χ4n) is 2.00. The molecule has 0 atom stereocenters. The highest BCUT2D eigenvalue weighted by molar-refractivity contribution is 5.45. The SMILES string of the molecule is CCc1ccc(OCCNc2ccccc2F)c(OC)c1. The molecule has 0 saturated heterocycles. The lowest BCUT2D eigenvalue weighted by Crippen LogP contribution is -2.12. The van der Waals surface area contributed by atoms with E-state index in [1.165, 1.54) is 11.6 Å². The Bertz CT molecular complexity index is 587. The van der Waals surface area contributed by atoms with Crippen LogP contribution in [0.2, 0.25) is 0 Å². The van der Waals surface area contributed by atoms with E-state index >= 15 is 0 Å². The lowest BCUT2D eigenvalue weighted by molar-refractivity contribution is 0.305. The monoisotopic (exact) mass is 289 g/mol. The lowest BCUT2D eigenvalue weighted by Gasteiger charge is -2.13. The van der Waals surface area contributed by atoms with Crippen LogP contribution in [-0.4, -0.2) is 20.3 Å². The number of methoxy groups -OCH3 is 1. The fraction of sp³-hybridized carbons (Fsp3) is 0.294. The van der Waals surface area contributed by atoms with E-state index in [1.54, 1.807) is 25.3 Å². The van der Waals surface area contributed by atoms with Gasteiger partial charge >= 0.3 is 0 Å². The van der Waals surface area contributed by atoms with Crippen LogP contribution in [0.1, 0.15) is 12.5 Å². The average molecular weight is 289 g/mol. The molecule has 21 heavy (non-hydrogen) atoms. The summed E-state index contributed by atoms with van der Waals surface area (Å²) >= 11 is 0. The Morgan fingerprint density at radius 2 is 1.90 bits per heavy atom. The van der Waals surface area contributed by atoms with Crippen molar-refractivity contribution in [3.05, 3.63) is 53.8 Å². The minimum atomic E-state index is -0.262. The fourth-order valence-corrected chi connectivity index (χ4v) is 2.00. The molecule has 0 aliphatic carbocycles. The topological polar surface area (TPSA) is 30.5 Å². The second-order valence-corrected chi connectivity index (χ2v) is 4.59. The zero-order chi connectivity index (χ0) is 15.1. The van der Waals surface area contributed by atoms with Crippen LogP contribution < -0.4 is 14.8 Å². The molecule has 3 nitrogen and oxygen atoms in total. The number of anilines is 1. The number of nitrogens with one attached hydrogen (secondary N) is 1. The van der Waals surface area contributed by atoms with E-state index < -0.39 is 0 Å². The van der Waals surface area contributed by atoms with Crippen LogP contribution >= 0.6 is 0 Å². The van der Waals surface area contributed by atoms with E-state index in [1.807, 2.05) is 18.2 Å². The molecular formula is C17H20FNO2. The number of hydrogen-bond acceptors (Lipinski definition) is 3. The van der Waals surface area contributed by atoms with Crippen molar-refractivity contribution >= 4 is 5.69 Å². The molecule has 0 aromatic heterocycles. The molecule has 0 spiro atoms. The molecule has 1 N–H and O–H groups in total. The number of ether oxygens (including phenoxy) is 2. The van der Waals surface area contributed by atoms with Gasteiger partial charge in [0.05, 0.1) is 12.8 Å². The molecule has 0 aliphatic heterocycles. The first-order valence-corrected chi connectivity index (χ1v) is 7.02. The zero-order valence-corrected chi connectivity index (χ0v) is 12.4. The van der Waals surface area contributed by atoms with Crippen LogP contribution in [0.15, 0.2) is 42.5 Å². The molecule has 2 aromatic rings. The minimum absolute atomic E-state index is 0.262. The molecule has 2 rings (SSSR count). The van der Waals surface area contributed by atoms with E-state index in [9.17, 15) is 4.39 Å². The van der Waals surface area contributed by atoms with Gasteiger partial charge in [0.15, 0.2) is 11.5 Å². The van der Waals surface area contributed by atoms with E-state index in [0.717, 1.165) is 12.2 Å². The Kier molecular flexibility index (Phi) is 5.43. The largest absolute Gasteiger partial charge is 0.493 e. The second kappa shape index (κ2) is 7.53. The van der Waals surface area contributed by atoms with Gasteiger partial charge in [-0.25, -0.2) is 4.39 Å². The third-order valence-electron chi connectivity index (χ3n) is 3.19. The Morgan fingerprint density at radius 3 is 2.62 bits per heavy atom. The zero-order valence-electron chi connectivity index (χ0n) is 12.4. The van der Waals surface area contributed by atoms with Crippen LogP contribution in [-0.2, 0) is 6.42 Å². The van der Waals surface area contributed by atoms with E-state index in [4.69, 9.17) is 9.47 Å². The summed E-state index contributed by atoms with van der Waals surface area (Å²) in [7, 11) is 1.62. The smallest absolute Gasteiger partial charge is 0.161 e. The van der Waals surface area contributed by atoms with Crippen molar-refractivity contribution in [1.29, 1.82) is 0 Å². The summed E-state index contributed by atoms with van der Waals surface area (Å²) < 4.78 is 24.4. The van der Waals surface area contributed by atoms with Crippen LogP contribution in [0.3, 0.4) is 0 Å². The number of benzene rings is 2. The van der Waals surface area contributed by atoms with Gasteiger partial charge in [-0.05, 0) is 36.2 Å². The Labute approximate surface area is 124 Å². The van der Waals surface area contributed by atoms with Crippen LogP contribution in [0.25, 0.3) is 0 Å². The molecule has 0 heterocycles. The summed E-state index contributed by atoms with van der Waals surface area (Å²) in [5.41, 5.74) is 1.68. The predicted molar refractivity (Wildman–Crippen MR) is 82.8 cm³/mol. The van der Waals surface area contributed by atoms with Gasteiger partial charge in [-0.3, -0.25) is 0 Å². The van der Waals surface area contributed by atoms with Gasteiger partial charge in [-0.1, -0.05) is 25.1 Å². The molecule has 0 radical (unpaired) electrons. The summed E-state index contributed by atoms with van der Waals surface area (Å²) in [5, 5.41) is 3.00. The molecule has 0 amide bonds. The van der Waals surface area contributed by atoms with Gasteiger partial charge in [0.1, 0.15) is 12.4 Å². The maximum atomic E-state index is 13.4. The lowest BCUT2D eigenvalue weighted by atomic mass is 10.1. The number of aryl methyl sites for hydroxylation is 1. The first-order valence-electron chi connectivity index (χ1n) is 7.02. The van der Waals surface area contributed by atoms with Crippen molar-refractivity contribution < 1.29 is 13.9 Å². The summed E-state index contributed by atoms with van der Waals surface area (Å²) in [4.78, 5) is 0. The standard InChI is InChI=1S/C17H20FNO2/c1-3-13-8-9-16(17(12-13)20-2)21-11-10-19-15-7-5-4-6-14(15)18/h4-9,12,19H,3,10-11H2,1-2H3. The molecule has 0 unspecified atom stereocenters. The van der Waals surface area contributed by atoms with Gasteiger partial charge in [-0.15, -0.1) is 0 Å². The van der Waals surface area contributed by atoms with Gasteiger partial charge < -0.3 is 14.8 Å². The van der Waals surface area contributed by atoms with Crippen molar-refractivity contribution in [2.45, 2.75) is 13.3 Å². The average Bonchev–Trinajstić information content (AvgIpc) is 2.53. The summed E-state index contributed by atoms with van der Waals surface area (Å²) in [6.07, 6.45) is 0.950. The van der Waals surface area contributed by atoms with E-state index in [-0.39, 0.29) is 5.82 Å². The second-order valence-electron chi connectivity index (χ2n) is 4.59. The highest BCUT2D eigenvalue weighted by atomic mass is 19.1. The van der Waals surface area contributed by atoms with Gasteiger partial charge in [0, 0.05) is 6.54 Å². The predicted octanol–water partition coefficient (Wildman–Crippen LogP) is 3.89. The minimum Gasteiger partial charge on any atom is -0.493 e. The quantitative estimate of drug-likeness (QED) is 0.784. The first kappa shape index (κ1) is 15.2. The third-order valence-corrected chi connectivity index (χ3v) is 3.19. The first-order chi connectivity index (χ1) is 10.2. The molecule has 4 heteroatoms. The number of rotatable bonds is 7. The molecule has 0 saturated carbocycles. The Morgan fingerprint density at radius 1 is 1.10 bits per heavy atom. The van der Waals surface area contributed by atoms with Gasteiger partial charge in [0.2, 0.25) is 0 Å². The van der Waals surface area contributed by atoms with Crippen LogP contribution in [0, 0.1) is 5.82 Å². The summed E-state index contributed by atoms with van der Waals surface area (Å²) in [6.45, 7) is 3.03. The Hall–Kier alpha value is -2.23. The van der Waals surface area contributed by atoms with Crippen molar-refractivity contribution in [3.63, 3.8) is 0 Å². The van der Waals surface area contributed by atoms with Crippen LogP contribution in [0.4, 0.5) is 10.1 Å². The maximum absolute atomic E-state index is 13.4. The molecule has 0 aliphatic rings. The van der Waals surface area contributed by atoms with Crippen molar-refractivity contribution in [2.75, 3.05) is 25.6 Å². The molecule has 0 bridgehead atoms. The van der Waals surface area contributed by atoms with Gasteiger partial charge in [-0.2, -0.15) is 0 Å². The van der Waals surface area contributed by atoms with Crippen molar-refractivity contribution in [1.82, 2.24) is 0 Å². The third kappa shape index (κ3) is 4.12. The maximum Gasteiger partial charge on any atom is 0.161 e. The number of halogens is 1. The number of para-hydroxylation sites is 1. The molecule has 112 valence electrons. The molecule has 0 fully saturated rings. The van der Waals surface area contributed by atoms with Gasteiger partial charge in [0.25, 0.3) is 0 Å². The number of hydrogen-bond donors (Lipinski definition) is 1. The highest BCUT2D eigenvalue weighted by Crippen LogP contribution is 2.28. The summed E-state index contributed by atoms with van der Waals surface area (Å²) in [6, 6.07) is 12.5. The Balaban J connectivity index is 1.87. The normalized spacial score (nSPS) is 10.2. The van der Waals surface area contributed by atoms with Crippen molar-refractivity contribution in [3.8, 4) is 11.5 Å². The van der Waals surface area contributed by atoms with E-state index in [0.29, 0.717) is 24.6 Å².